The van der Waals surface area contributed by atoms with Crippen molar-refractivity contribution in [1.82, 2.24) is 5.32 Å². The van der Waals surface area contributed by atoms with Crippen molar-refractivity contribution in [2.24, 2.45) is 5.73 Å². The number of benzene rings is 1. The van der Waals surface area contributed by atoms with Crippen molar-refractivity contribution in [3.05, 3.63) is 29.8 Å². The summed E-state index contributed by atoms with van der Waals surface area (Å²) in [7, 11) is 0. The van der Waals surface area contributed by atoms with Gasteiger partial charge in [0.1, 0.15) is 6.04 Å². The van der Waals surface area contributed by atoms with Gasteiger partial charge in [-0.05, 0) is 31.5 Å². The molecule has 1 aromatic rings. The van der Waals surface area contributed by atoms with Gasteiger partial charge in [-0.2, -0.15) is 0 Å². The molecule has 0 aromatic heterocycles. The molecule has 4 heteroatoms. The number of aryl methyl sites for hydroxylation is 1. The van der Waals surface area contributed by atoms with Crippen LogP contribution in [0.15, 0.2) is 24.3 Å². The summed E-state index contributed by atoms with van der Waals surface area (Å²) in [5.41, 5.74) is 7.80. The minimum absolute atomic E-state index is 0.230. The van der Waals surface area contributed by atoms with Gasteiger partial charge in [0.25, 0.3) is 0 Å². The van der Waals surface area contributed by atoms with Crippen LogP contribution in [0.2, 0.25) is 0 Å². The third-order valence-corrected chi connectivity index (χ3v) is 3.03. The highest BCUT2D eigenvalue weighted by Gasteiger charge is 2.19. The summed E-state index contributed by atoms with van der Waals surface area (Å²) in [6, 6.07) is 8.17. The Labute approximate surface area is 116 Å². The molecule has 1 atom stereocenters. The van der Waals surface area contributed by atoms with Crippen LogP contribution in [0, 0.1) is 6.92 Å². The van der Waals surface area contributed by atoms with E-state index in [2.05, 4.69) is 42.3 Å². The number of hydrogen-bond acceptors (Lipinski definition) is 3. The molecule has 0 aliphatic heterocycles. The van der Waals surface area contributed by atoms with Gasteiger partial charge in [-0.1, -0.05) is 26.0 Å². The molecule has 0 fully saturated rings. The van der Waals surface area contributed by atoms with Crippen molar-refractivity contribution >= 4 is 11.6 Å². The first kappa shape index (κ1) is 15.5. The number of nitrogens with zero attached hydrogens (tertiary/aromatic N) is 1. The lowest BCUT2D eigenvalue weighted by Crippen LogP contribution is -2.51. The number of anilines is 1. The SMILES string of the molecule is CCN(CC(NC(C)C)C(N)=O)c1cccc(C)c1. The maximum atomic E-state index is 11.5. The topological polar surface area (TPSA) is 58.4 Å². The zero-order valence-corrected chi connectivity index (χ0v) is 12.3. The van der Waals surface area contributed by atoms with Crippen molar-refractivity contribution < 1.29 is 4.79 Å². The lowest BCUT2D eigenvalue weighted by Gasteiger charge is -2.28. The van der Waals surface area contributed by atoms with E-state index in [0.717, 1.165) is 12.2 Å². The number of rotatable bonds is 7. The first-order valence-electron chi connectivity index (χ1n) is 6.81. The molecule has 3 N–H and O–H groups in total. The van der Waals surface area contributed by atoms with Crippen LogP contribution in [0.4, 0.5) is 5.69 Å². The molecule has 0 heterocycles. The average Bonchev–Trinajstić information content (AvgIpc) is 2.33. The highest BCUT2D eigenvalue weighted by Crippen LogP contribution is 2.16. The van der Waals surface area contributed by atoms with Crippen LogP contribution in [-0.2, 0) is 4.79 Å². The van der Waals surface area contributed by atoms with E-state index in [4.69, 9.17) is 5.73 Å². The van der Waals surface area contributed by atoms with Gasteiger partial charge in [-0.25, -0.2) is 0 Å². The van der Waals surface area contributed by atoms with Crippen molar-refractivity contribution in [3.8, 4) is 0 Å². The van der Waals surface area contributed by atoms with Crippen LogP contribution in [-0.4, -0.2) is 31.1 Å². The number of carbonyl (C=O) groups excluding carboxylic acids is 1. The predicted octanol–water partition coefficient (Wildman–Crippen LogP) is 1.67. The van der Waals surface area contributed by atoms with Crippen LogP contribution in [0.5, 0.6) is 0 Å². The number of nitrogens with two attached hydrogens (primary N) is 1. The Kier molecular flexibility index (Phi) is 5.83. The van der Waals surface area contributed by atoms with Gasteiger partial charge >= 0.3 is 0 Å². The number of hydrogen-bond donors (Lipinski definition) is 2. The van der Waals surface area contributed by atoms with E-state index >= 15 is 0 Å². The van der Waals surface area contributed by atoms with Gasteiger partial charge in [-0.15, -0.1) is 0 Å². The molecule has 0 aliphatic carbocycles. The average molecular weight is 263 g/mol. The molecule has 0 spiro atoms. The molecule has 0 bridgehead atoms. The summed E-state index contributed by atoms with van der Waals surface area (Å²) in [5.74, 6) is -0.306. The molecule has 4 nitrogen and oxygen atoms in total. The van der Waals surface area contributed by atoms with Gasteiger partial charge in [0.15, 0.2) is 0 Å². The van der Waals surface area contributed by atoms with E-state index in [0.29, 0.717) is 6.54 Å². The normalized spacial score (nSPS) is 12.5. The second-order valence-corrected chi connectivity index (χ2v) is 5.15. The molecule has 0 radical (unpaired) electrons. The van der Waals surface area contributed by atoms with Crippen molar-refractivity contribution in [3.63, 3.8) is 0 Å². The summed E-state index contributed by atoms with van der Waals surface area (Å²) in [5, 5.41) is 3.21. The number of primary amides is 1. The monoisotopic (exact) mass is 263 g/mol. The number of amides is 1. The van der Waals surface area contributed by atoms with Crippen molar-refractivity contribution in [1.29, 1.82) is 0 Å². The molecule has 0 aliphatic rings. The number of likely N-dealkylation sites (N-methyl/N-ethyl adjacent to an activating group) is 1. The van der Waals surface area contributed by atoms with Gasteiger partial charge in [0.2, 0.25) is 5.91 Å². The van der Waals surface area contributed by atoms with Crippen LogP contribution in [0.25, 0.3) is 0 Å². The molecule has 1 unspecified atom stereocenters. The summed E-state index contributed by atoms with van der Waals surface area (Å²) in [6.45, 7) is 9.60. The fourth-order valence-electron chi connectivity index (χ4n) is 2.09. The Morgan fingerprint density at radius 1 is 1.42 bits per heavy atom. The van der Waals surface area contributed by atoms with E-state index in [-0.39, 0.29) is 18.0 Å². The summed E-state index contributed by atoms with van der Waals surface area (Å²) in [4.78, 5) is 13.7. The molecular weight excluding hydrogens is 238 g/mol. The highest BCUT2D eigenvalue weighted by atomic mass is 16.1. The van der Waals surface area contributed by atoms with Crippen LogP contribution >= 0.6 is 0 Å². The standard InChI is InChI=1S/C15H25N3O/c1-5-18(13-8-6-7-12(4)9-13)10-14(15(16)19)17-11(2)3/h6-9,11,14,17H,5,10H2,1-4H3,(H2,16,19). The molecule has 1 amide bonds. The largest absolute Gasteiger partial charge is 0.370 e. The maximum Gasteiger partial charge on any atom is 0.236 e. The molecule has 106 valence electrons. The van der Waals surface area contributed by atoms with Gasteiger partial charge < -0.3 is 16.0 Å². The fourth-order valence-corrected chi connectivity index (χ4v) is 2.09. The first-order valence-corrected chi connectivity index (χ1v) is 6.81. The Balaban J connectivity index is 2.82. The molecule has 0 saturated heterocycles. The zero-order chi connectivity index (χ0) is 14.4. The van der Waals surface area contributed by atoms with E-state index in [9.17, 15) is 4.79 Å². The van der Waals surface area contributed by atoms with E-state index in [1.807, 2.05) is 19.9 Å². The van der Waals surface area contributed by atoms with Gasteiger partial charge in [0, 0.05) is 24.8 Å². The Morgan fingerprint density at radius 2 is 2.11 bits per heavy atom. The summed E-state index contributed by atoms with van der Waals surface area (Å²) in [6.07, 6.45) is 0. The van der Waals surface area contributed by atoms with Gasteiger partial charge in [0.05, 0.1) is 0 Å². The Hall–Kier alpha value is -1.55. The Morgan fingerprint density at radius 3 is 2.58 bits per heavy atom. The molecule has 1 aromatic carbocycles. The number of nitrogens with one attached hydrogen (secondary N) is 1. The smallest absolute Gasteiger partial charge is 0.236 e. The minimum atomic E-state index is -0.333. The second-order valence-electron chi connectivity index (χ2n) is 5.15. The van der Waals surface area contributed by atoms with Crippen LogP contribution in [0.3, 0.4) is 0 Å². The zero-order valence-electron chi connectivity index (χ0n) is 12.3. The first-order chi connectivity index (χ1) is 8.93. The lowest BCUT2D eigenvalue weighted by atomic mass is 10.1. The van der Waals surface area contributed by atoms with E-state index < -0.39 is 0 Å². The molecule has 0 saturated carbocycles. The Bertz CT molecular complexity index is 418. The summed E-state index contributed by atoms with van der Waals surface area (Å²) >= 11 is 0. The van der Waals surface area contributed by atoms with Crippen LogP contribution in [0.1, 0.15) is 26.3 Å². The predicted molar refractivity (Wildman–Crippen MR) is 80.3 cm³/mol. The minimum Gasteiger partial charge on any atom is -0.370 e. The van der Waals surface area contributed by atoms with Crippen molar-refractivity contribution in [2.75, 3.05) is 18.0 Å². The maximum absolute atomic E-state index is 11.5. The summed E-state index contributed by atoms with van der Waals surface area (Å²) < 4.78 is 0. The third-order valence-electron chi connectivity index (χ3n) is 3.03. The second kappa shape index (κ2) is 7.14. The quantitative estimate of drug-likeness (QED) is 0.787. The highest BCUT2D eigenvalue weighted by molar-refractivity contribution is 5.80. The lowest BCUT2D eigenvalue weighted by molar-refractivity contribution is -0.119. The molecular formula is C15H25N3O. The number of carbonyl (C=O) groups is 1. The fraction of sp³-hybridized carbons (Fsp3) is 0.533. The van der Waals surface area contributed by atoms with Crippen LogP contribution < -0.4 is 16.0 Å². The third kappa shape index (κ3) is 4.91. The van der Waals surface area contributed by atoms with E-state index in [1.165, 1.54) is 5.56 Å². The molecule has 1 rings (SSSR count). The van der Waals surface area contributed by atoms with Gasteiger partial charge in [-0.3, -0.25) is 4.79 Å². The van der Waals surface area contributed by atoms with E-state index in [1.54, 1.807) is 0 Å². The molecule has 19 heavy (non-hydrogen) atoms. The van der Waals surface area contributed by atoms with Crippen molar-refractivity contribution in [2.45, 2.75) is 39.8 Å².